The number of benzene rings is 1. The Balaban J connectivity index is 2.06. The molecule has 110 valence electrons. The quantitative estimate of drug-likeness (QED) is 0.890. The van der Waals surface area contributed by atoms with Gasteiger partial charge in [0, 0.05) is 13.1 Å². The third kappa shape index (κ3) is 3.95. The van der Waals surface area contributed by atoms with E-state index in [1.165, 1.54) is 0 Å². The lowest BCUT2D eigenvalue weighted by Crippen LogP contribution is -2.49. The number of ether oxygens (including phenoxy) is 2. The Labute approximate surface area is 119 Å². The summed E-state index contributed by atoms with van der Waals surface area (Å²) in [7, 11) is 0. The van der Waals surface area contributed by atoms with Gasteiger partial charge < -0.3 is 14.6 Å². The first kappa shape index (κ1) is 14.8. The summed E-state index contributed by atoms with van der Waals surface area (Å²) in [4.78, 5) is 13.2. The van der Waals surface area contributed by atoms with Gasteiger partial charge in [0.05, 0.1) is 19.3 Å². The summed E-state index contributed by atoms with van der Waals surface area (Å²) in [5.41, 5.74) is 1.05. The van der Waals surface area contributed by atoms with Gasteiger partial charge in [0.2, 0.25) is 0 Å². The first-order valence-corrected chi connectivity index (χ1v) is 6.86. The van der Waals surface area contributed by atoms with E-state index in [0.717, 1.165) is 11.3 Å². The van der Waals surface area contributed by atoms with Gasteiger partial charge in [-0.05, 0) is 31.5 Å². The number of carboxylic acids is 1. The van der Waals surface area contributed by atoms with Crippen LogP contribution in [0.3, 0.4) is 0 Å². The van der Waals surface area contributed by atoms with Crippen LogP contribution in [0.1, 0.15) is 19.4 Å². The third-order valence-corrected chi connectivity index (χ3v) is 3.18. The van der Waals surface area contributed by atoms with Crippen molar-refractivity contribution in [1.29, 1.82) is 0 Å². The van der Waals surface area contributed by atoms with E-state index in [9.17, 15) is 9.90 Å². The summed E-state index contributed by atoms with van der Waals surface area (Å²) in [6.45, 7) is 6.01. The minimum absolute atomic E-state index is 0.125. The standard InChI is InChI=1S/C15H21NO4/c1-11(2)20-13-5-3-4-12(8-13)9-16-6-7-19-10-14(16)15(17)18/h3-5,8,11,14H,6-7,9-10H2,1-2H3,(H,17,18). The number of carboxylic acid groups (broad SMARTS) is 1. The zero-order valence-corrected chi connectivity index (χ0v) is 11.9. The Morgan fingerprint density at radius 2 is 2.35 bits per heavy atom. The number of rotatable bonds is 5. The van der Waals surface area contributed by atoms with E-state index in [0.29, 0.717) is 19.7 Å². The van der Waals surface area contributed by atoms with Crippen LogP contribution < -0.4 is 4.74 Å². The molecule has 0 radical (unpaired) electrons. The highest BCUT2D eigenvalue weighted by Crippen LogP contribution is 2.18. The van der Waals surface area contributed by atoms with E-state index >= 15 is 0 Å². The molecule has 1 heterocycles. The highest BCUT2D eigenvalue weighted by Gasteiger charge is 2.29. The predicted molar refractivity (Wildman–Crippen MR) is 74.9 cm³/mol. The maximum Gasteiger partial charge on any atom is 0.323 e. The van der Waals surface area contributed by atoms with Crippen molar-refractivity contribution in [3.63, 3.8) is 0 Å². The van der Waals surface area contributed by atoms with Gasteiger partial charge in [-0.25, -0.2) is 0 Å². The van der Waals surface area contributed by atoms with Gasteiger partial charge in [0.25, 0.3) is 0 Å². The molecular formula is C15H21NO4. The Hall–Kier alpha value is -1.59. The fourth-order valence-electron chi connectivity index (χ4n) is 2.28. The molecule has 0 saturated carbocycles. The second-order valence-corrected chi connectivity index (χ2v) is 5.21. The molecule has 5 heteroatoms. The number of hydrogen-bond acceptors (Lipinski definition) is 4. The van der Waals surface area contributed by atoms with Gasteiger partial charge in [-0.2, -0.15) is 0 Å². The number of hydrogen-bond donors (Lipinski definition) is 1. The van der Waals surface area contributed by atoms with Crippen molar-refractivity contribution in [2.45, 2.75) is 32.5 Å². The normalized spacial score (nSPS) is 20.1. The summed E-state index contributed by atoms with van der Waals surface area (Å²) < 4.78 is 10.9. The Morgan fingerprint density at radius 1 is 1.55 bits per heavy atom. The fraction of sp³-hybridized carbons (Fsp3) is 0.533. The van der Waals surface area contributed by atoms with Crippen molar-refractivity contribution in [2.75, 3.05) is 19.8 Å². The molecule has 2 rings (SSSR count). The lowest BCUT2D eigenvalue weighted by atomic mass is 10.1. The molecule has 0 bridgehead atoms. The van der Waals surface area contributed by atoms with E-state index in [-0.39, 0.29) is 12.7 Å². The first-order valence-electron chi connectivity index (χ1n) is 6.86. The Morgan fingerprint density at radius 3 is 3.05 bits per heavy atom. The van der Waals surface area contributed by atoms with Crippen LogP contribution in [-0.2, 0) is 16.1 Å². The van der Waals surface area contributed by atoms with Gasteiger partial charge >= 0.3 is 5.97 Å². The van der Waals surface area contributed by atoms with Gasteiger partial charge in [0.15, 0.2) is 0 Å². The van der Waals surface area contributed by atoms with E-state index in [4.69, 9.17) is 9.47 Å². The Kier molecular flexibility index (Phi) is 4.98. The zero-order chi connectivity index (χ0) is 14.5. The highest BCUT2D eigenvalue weighted by molar-refractivity contribution is 5.73. The monoisotopic (exact) mass is 279 g/mol. The SMILES string of the molecule is CC(C)Oc1cccc(CN2CCOCC2C(=O)O)c1. The average Bonchev–Trinajstić information content (AvgIpc) is 2.38. The van der Waals surface area contributed by atoms with Crippen LogP contribution in [0.5, 0.6) is 5.75 Å². The first-order chi connectivity index (χ1) is 9.56. The number of morpholine rings is 1. The smallest absolute Gasteiger partial charge is 0.323 e. The van der Waals surface area contributed by atoms with E-state index in [1.807, 2.05) is 43.0 Å². The predicted octanol–water partition coefficient (Wildman–Crippen LogP) is 1.76. The van der Waals surface area contributed by atoms with Crippen LogP contribution in [0.25, 0.3) is 0 Å². The molecule has 1 unspecified atom stereocenters. The molecule has 1 aromatic carbocycles. The molecule has 1 saturated heterocycles. The molecule has 5 nitrogen and oxygen atoms in total. The van der Waals surface area contributed by atoms with Gasteiger partial charge in [-0.1, -0.05) is 12.1 Å². The lowest BCUT2D eigenvalue weighted by Gasteiger charge is -2.32. The average molecular weight is 279 g/mol. The molecular weight excluding hydrogens is 258 g/mol. The van der Waals surface area contributed by atoms with Gasteiger partial charge in [0.1, 0.15) is 11.8 Å². The number of aliphatic carboxylic acids is 1. The highest BCUT2D eigenvalue weighted by atomic mass is 16.5. The summed E-state index contributed by atoms with van der Waals surface area (Å²) in [6.07, 6.45) is 0.125. The van der Waals surface area contributed by atoms with Gasteiger partial charge in [-0.15, -0.1) is 0 Å². The van der Waals surface area contributed by atoms with Crippen LogP contribution >= 0.6 is 0 Å². The molecule has 0 aliphatic carbocycles. The summed E-state index contributed by atoms with van der Waals surface area (Å²) >= 11 is 0. The molecule has 1 fully saturated rings. The molecule has 0 spiro atoms. The van der Waals surface area contributed by atoms with E-state index in [2.05, 4.69) is 0 Å². The van der Waals surface area contributed by atoms with Crippen molar-refractivity contribution < 1.29 is 19.4 Å². The van der Waals surface area contributed by atoms with Crippen molar-refractivity contribution in [1.82, 2.24) is 4.90 Å². The largest absolute Gasteiger partial charge is 0.491 e. The van der Waals surface area contributed by atoms with Crippen LogP contribution in [0, 0.1) is 0 Å². The van der Waals surface area contributed by atoms with Crippen molar-refractivity contribution in [3.8, 4) is 5.75 Å². The molecule has 1 atom stereocenters. The number of carbonyl (C=O) groups is 1. The number of nitrogens with zero attached hydrogens (tertiary/aromatic N) is 1. The lowest BCUT2D eigenvalue weighted by molar-refractivity contribution is -0.150. The van der Waals surface area contributed by atoms with Crippen LogP contribution in [0.2, 0.25) is 0 Å². The van der Waals surface area contributed by atoms with Crippen LogP contribution in [-0.4, -0.2) is 47.9 Å². The van der Waals surface area contributed by atoms with Crippen molar-refractivity contribution in [3.05, 3.63) is 29.8 Å². The topological polar surface area (TPSA) is 59.0 Å². The summed E-state index contributed by atoms with van der Waals surface area (Å²) in [6, 6.07) is 7.23. The molecule has 1 N–H and O–H groups in total. The zero-order valence-electron chi connectivity index (χ0n) is 11.9. The fourth-order valence-corrected chi connectivity index (χ4v) is 2.28. The molecule has 1 aliphatic heterocycles. The third-order valence-electron chi connectivity index (χ3n) is 3.18. The van der Waals surface area contributed by atoms with Crippen LogP contribution in [0.15, 0.2) is 24.3 Å². The van der Waals surface area contributed by atoms with E-state index in [1.54, 1.807) is 0 Å². The second kappa shape index (κ2) is 6.72. The summed E-state index contributed by atoms with van der Waals surface area (Å²) in [5.74, 6) is -0.0167. The molecule has 0 amide bonds. The van der Waals surface area contributed by atoms with Crippen molar-refractivity contribution in [2.24, 2.45) is 0 Å². The molecule has 1 aliphatic rings. The molecule has 1 aromatic rings. The van der Waals surface area contributed by atoms with Crippen molar-refractivity contribution >= 4 is 5.97 Å². The van der Waals surface area contributed by atoms with Crippen LogP contribution in [0.4, 0.5) is 0 Å². The minimum Gasteiger partial charge on any atom is -0.491 e. The minimum atomic E-state index is -0.834. The second-order valence-electron chi connectivity index (χ2n) is 5.21. The molecule has 20 heavy (non-hydrogen) atoms. The van der Waals surface area contributed by atoms with Gasteiger partial charge in [-0.3, -0.25) is 9.69 Å². The maximum absolute atomic E-state index is 11.2. The van der Waals surface area contributed by atoms with E-state index < -0.39 is 12.0 Å². The molecule has 0 aromatic heterocycles. The Bertz CT molecular complexity index is 461. The maximum atomic E-state index is 11.2. The summed E-state index contributed by atoms with van der Waals surface area (Å²) in [5, 5.41) is 9.21.